The van der Waals surface area contributed by atoms with E-state index in [1.54, 1.807) is 26.0 Å². The van der Waals surface area contributed by atoms with Crippen LogP contribution in [0.4, 0.5) is 4.79 Å². The van der Waals surface area contributed by atoms with Crippen molar-refractivity contribution >= 4 is 35.1 Å². The van der Waals surface area contributed by atoms with Gasteiger partial charge in [0, 0.05) is 25.5 Å². The highest BCUT2D eigenvalue weighted by Crippen LogP contribution is 2.36. The number of hydrogen-bond acceptors (Lipinski definition) is 8. The van der Waals surface area contributed by atoms with Crippen molar-refractivity contribution in [3.8, 4) is 0 Å². The maximum absolute atomic E-state index is 13.8. The number of nitrogens with zero attached hydrogens (tertiary/aromatic N) is 1. The zero-order valence-electron chi connectivity index (χ0n) is 27.5. The number of hydrogen-bond donors (Lipinski definition) is 1. The van der Waals surface area contributed by atoms with Gasteiger partial charge in [0.05, 0.1) is 12.0 Å². The quantitative estimate of drug-likeness (QED) is 0.115. The van der Waals surface area contributed by atoms with Gasteiger partial charge in [0.1, 0.15) is 5.60 Å². The molecule has 44 heavy (non-hydrogen) atoms. The lowest BCUT2D eigenvalue weighted by atomic mass is 9.87. The van der Waals surface area contributed by atoms with E-state index in [9.17, 15) is 24.0 Å². The number of carbonyl (C=O) groups is 5. The number of benzene rings is 1. The summed E-state index contributed by atoms with van der Waals surface area (Å²) in [4.78, 5) is 66.9. The number of carbonyl (C=O) groups excluding carboxylic acids is 5. The number of amides is 2. The van der Waals surface area contributed by atoms with E-state index in [4.69, 9.17) is 14.6 Å². The van der Waals surface area contributed by atoms with Gasteiger partial charge >= 0.3 is 12.1 Å². The summed E-state index contributed by atoms with van der Waals surface area (Å²) in [5.74, 6) is -3.71. The van der Waals surface area contributed by atoms with Gasteiger partial charge in [-0.05, 0) is 58.1 Å². The summed E-state index contributed by atoms with van der Waals surface area (Å²) in [7, 11) is 0. The number of Topliss-reactive ketones (excluding diaryl/α,β-unsaturated/α-hetero) is 1. The Morgan fingerprint density at radius 2 is 1.59 bits per heavy atom. The van der Waals surface area contributed by atoms with Crippen LogP contribution < -0.4 is 0 Å². The second-order valence-corrected chi connectivity index (χ2v) is 12.7. The van der Waals surface area contributed by atoms with Gasteiger partial charge < -0.3 is 14.6 Å². The average molecular weight is 614 g/mol. The molecule has 1 aromatic rings. The van der Waals surface area contributed by atoms with E-state index in [0.717, 1.165) is 62.3 Å². The van der Waals surface area contributed by atoms with Crippen LogP contribution in [0.3, 0.4) is 0 Å². The van der Waals surface area contributed by atoms with Gasteiger partial charge in [-0.15, -0.1) is 0 Å². The number of aliphatic hydroxyl groups excluding tert-OH is 1. The molecule has 2 rings (SSSR count). The Morgan fingerprint density at radius 3 is 2.14 bits per heavy atom. The van der Waals surface area contributed by atoms with Crippen molar-refractivity contribution in [1.29, 1.82) is 0 Å². The van der Waals surface area contributed by atoms with Crippen molar-refractivity contribution in [3.05, 3.63) is 41.5 Å². The number of esters is 1. The highest BCUT2D eigenvalue weighted by molar-refractivity contribution is 6.25. The topological polar surface area (TPSA) is 127 Å². The number of unbranched alkanes of at least 4 members (excludes halogenated alkanes) is 7. The van der Waals surface area contributed by atoms with Gasteiger partial charge in [-0.2, -0.15) is 0 Å². The van der Waals surface area contributed by atoms with Gasteiger partial charge in [-0.3, -0.25) is 19.2 Å². The first-order valence-electron chi connectivity index (χ1n) is 15.9. The number of aryl methyl sites for hydroxylation is 1. The zero-order chi connectivity index (χ0) is 33.0. The molecule has 0 aromatic heterocycles. The third-order valence-electron chi connectivity index (χ3n) is 8.05. The molecule has 0 spiro atoms. The fourth-order valence-corrected chi connectivity index (χ4v) is 5.98. The van der Waals surface area contributed by atoms with E-state index in [1.165, 1.54) is 13.0 Å². The zero-order valence-corrected chi connectivity index (χ0v) is 27.5. The Kier molecular flexibility index (Phi) is 14.4. The molecule has 0 bridgehead atoms. The van der Waals surface area contributed by atoms with Crippen molar-refractivity contribution in [2.75, 3.05) is 6.61 Å². The third-order valence-corrected chi connectivity index (χ3v) is 8.05. The molecule has 0 radical (unpaired) electrons. The highest BCUT2D eigenvalue weighted by atomic mass is 16.6. The van der Waals surface area contributed by atoms with E-state index < -0.39 is 47.4 Å². The Balaban J connectivity index is 2.28. The summed E-state index contributed by atoms with van der Waals surface area (Å²) in [6.45, 7) is 11.9. The molecule has 1 heterocycles. The van der Waals surface area contributed by atoms with Gasteiger partial charge in [0.2, 0.25) is 5.91 Å². The first kappa shape index (κ1) is 36.9. The molecule has 1 aliphatic heterocycles. The second kappa shape index (κ2) is 17.2. The molecule has 1 N–H and O–H groups in total. The van der Waals surface area contributed by atoms with Crippen LogP contribution in [0, 0.1) is 18.8 Å². The minimum atomic E-state index is -1.54. The molecule has 1 saturated heterocycles. The number of allylic oxidation sites excluding steroid dienone is 1. The number of ether oxygens (including phenoxy) is 2. The van der Waals surface area contributed by atoms with Crippen LogP contribution in [0.5, 0.6) is 0 Å². The van der Waals surface area contributed by atoms with Crippen molar-refractivity contribution in [3.63, 3.8) is 0 Å². The summed E-state index contributed by atoms with van der Waals surface area (Å²) in [5.41, 5.74) is 0.732. The Morgan fingerprint density at radius 1 is 1.00 bits per heavy atom. The normalized spacial score (nSPS) is 17.8. The molecule has 244 valence electrons. The molecule has 1 aliphatic rings. The first-order chi connectivity index (χ1) is 20.7. The summed E-state index contributed by atoms with van der Waals surface area (Å²) in [5, 5.41) is 8.89. The van der Waals surface area contributed by atoms with E-state index in [1.807, 2.05) is 32.9 Å². The van der Waals surface area contributed by atoms with Gasteiger partial charge in [0.25, 0.3) is 0 Å². The predicted molar refractivity (Wildman–Crippen MR) is 169 cm³/mol. The molecule has 9 heteroatoms. The standard InChI is InChI=1S/C35H51NO8/c1-23(2)32-35(6,7)44-34(42)36(32)33(41)25(4)31(43-26(5)38)30(40)22-28(27-18-16-17-24(3)21-27)29(39)19-14-12-10-8-9-11-13-15-20-37/h16-18,21-23,25,31-32,37H,8-15,19-20H2,1-7H3/t25-,31-,32-/m0/s1. The fourth-order valence-electron chi connectivity index (χ4n) is 5.98. The highest BCUT2D eigenvalue weighted by Gasteiger charge is 2.53. The summed E-state index contributed by atoms with van der Waals surface area (Å²) in [6.07, 6.45) is 6.70. The Labute approximate surface area is 262 Å². The molecule has 3 atom stereocenters. The van der Waals surface area contributed by atoms with Crippen LogP contribution in [0.1, 0.15) is 110 Å². The Hall–Kier alpha value is -3.33. The molecule has 9 nitrogen and oxygen atoms in total. The largest absolute Gasteiger partial charge is 0.453 e. The van der Waals surface area contributed by atoms with E-state index in [0.29, 0.717) is 12.0 Å². The molecule has 0 aliphatic carbocycles. The van der Waals surface area contributed by atoms with E-state index in [2.05, 4.69) is 0 Å². The SMILES string of the molecule is CC(=O)O[C@H](C(=O)C=C(C(=O)CCCCCCCCCCO)c1cccc(C)c1)[C@H](C)C(=O)N1C(=O)OC(C)(C)[C@@H]1C(C)C. The molecule has 0 saturated carbocycles. The van der Waals surface area contributed by atoms with E-state index in [-0.39, 0.29) is 30.3 Å². The molecular weight excluding hydrogens is 562 g/mol. The van der Waals surface area contributed by atoms with Crippen LogP contribution in [-0.2, 0) is 28.7 Å². The van der Waals surface area contributed by atoms with Gasteiger partial charge in [0.15, 0.2) is 17.7 Å². The van der Waals surface area contributed by atoms with Crippen molar-refractivity contribution in [2.45, 2.75) is 124 Å². The van der Waals surface area contributed by atoms with Crippen LogP contribution in [0.2, 0.25) is 0 Å². The minimum absolute atomic E-state index is 0.132. The summed E-state index contributed by atoms with van der Waals surface area (Å²) >= 11 is 0. The minimum Gasteiger partial charge on any atom is -0.453 e. The first-order valence-corrected chi connectivity index (χ1v) is 15.9. The van der Waals surface area contributed by atoms with Crippen LogP contribution in [-0.4, -0.2) is 63.9 Å². The second-order valence-electron chi connectivity index (χ2n) is 12.7. The summed E-state index contributed by atoms with van der Waals surface area (Å²) in [6, 6.07) is 6.67. The number of cyclic esters (lactones) is 1. The van der Waals surface area contributed by atoms with Crippen LogP contribution in [0.15, 0.2) is 30.3 Å². The number of imide groups is 1. The summed E-state index contributed by atoms with van der Waals surface area (Å²) < 4.78 is 10.9. The monoisotopic (exact) mass is 613 g/mol. The number of aliphatic hydroxyl groups is 1. The smallest absolute Gasteiger partial charge is 0.417 e. The Bertz CT molecular complexity index is 1200. The third kappa shape index (κ3) is 10.4. The fraction of sp³-hybridized carbons (Fsp3) is 0.629. The van der Waals surface area contributed by atoms with Crippen LogP contribution in [0.25, 0.3) is 5.57 Å². The number of ketones is 2. The predicted octanol–water partition coefficient (Wildman–Crippen LogP) is 6.37. The molecular formula is C35H51NO8. The van der Waals surface area contributed by atoms with Gasteiger partial charge in [-0.1, -0.05) is 82.2 Å². The van der Waals surface area contributed by atoms with Gasteiger partial charge in [-0.25, -0.2) is 9.69 Å². The average Bonchev–Trinajstić information content (AvgIpc) is 3.20. The number of rotatable bonds is 18. The lowest BCUT2D eigenvalue weighted by molar-refractivity contribution is -0.158. The van der Waals surface area contributed by atoms with E-state index >= 15 is 0 Å². The molecule has 2 amide bonds. The lowest BCUT2D eigenvalue weighted by Crippen LogP contribution is -2.52. The maximum Gasteiger partial charge on any atom is 0.417 e. The van der Waals surface area contributed by atoms with Crippen LogP contribution >= 0.6 is 0 Å². The molecule has 0 unspecified atom stereocenters. The lowest BCUT2D eigenvalue weighted by Gasteiger charge is -2.33. The van der Waals surface area contributed by atoms with Crippen molar-refractivity contribution in [1.82, 2.24) is 4.90 Å². The van der Waals surface area contributed by atoms with Crippen molar-refractivity contribution in [2.24, 2.45) is 11.8 Å². The molecule has 1 fully saturated rings. The van der Waals surface area contributed by atoms with Crippen molar-refractivity contribution < 1.29 is 38.6 Å². The maximum atomic E-state index is 13.8. The molecule has 1 aromatic carbocycles.